The van der Waals surface area contributed by atoms with Crippen LogP contribution in [-0.2, 0) is 12.8 Å². The van der Waals surface area contributed by atoms with Crippen LogP contribution < -0.4 is 0 Å². The number of ketones is 1. The lowest BCUT2D eigenvalue weighted by molar-refractivity contribution is 0.0994. The number of rotatable bonds is 5. The quantitative estimate of drug-likeness (QED) is 0.791. The van der Waals surface area contributed by atoms with Gasteiger partial charge in [-0.2, -0.15) is 0 Å². The van der Waals surface area contributed by atoms with E-state index < -0.39 is 11.6 Å². The largest absolute Gasteiger partial charge is 0.293 e. The van der Waals surface area contributed by atoms with E-state index in [2.05, 4.69) is 9.59 Å². The summed E-state index contributed by atoms with van der Waals surface area (Å²) in [6.07, 6.45) is 1.33. The fraction of sp³-hybridized carbons (Fsp3) is 0.308. The van der Waals surface area contributed by atoms with Crippen molar-refractivity contribution in [2.24, 2.45) is 0 Å². The van der Waals surface area contributed by atoms with Crippen LogP contribution in [0, 0.1) is 11.6 Å². The Hall–Kier alpha value is -1.69. The summed E-state index contributed by atoms with van der Waals surface area (Å²) in [5.74, 6) is -2.19. The van der Waals surface area contributed by atoms with E-state index in [1.54, 1.807) is 0 Å². The van der Waals surface area contributed by atoms with Crippen molar-refractivity contribution < 1.29 is 13.6 Å². The second kappa shape index (κ2) is 5.97. The zero-order valence-corrected chi connectivity index (χ0v) is 11.1. The van der Waals surface area contributed by atoms with Crippen LogP contribution in [0.4, 0.5) is 8.78 Å². The number of Topliss-reactive ketones (excluding diaryl/α,β-unsaturated/α-hetero) is 1. The van der Waals surface area contributed by atoms with Gasteiger partial charge in [0.05, 0.1) is 5.69 Å². The van der Waals surface area contributed by atoms with Crippen molar-refractivity contribution in [3.63, 3.8) is 0 Å². The zero-order chi connectivity index (χ0) is 13.8. The molecule has 3 nitrogen and oxygen atoms in total. The third-order valence-electron chi connectivity index (χ3n) is 2.68. The number of carbonyl (C=O) groups excluding carboxylic acids is 1. The molecule has 0 aliphatic carbocycles. The molecule has 0 aliphatic heterocycles. The van der Waals surface area contributed by atoms with Gasteiger partial charge in [0.2, 0.25) is 0 Å². The number of aromatic nitrogens is 2. The molecule has 1 heterocycles. The van der Waals surface area contributed by atoms with E-state index in [4.69, 9.17) is 0 Å². The molecule has 1 aromatic carbocycles. The Morgan fingerprint density at radius 3 is 2.89 bits per heavy atom. The van der Waals surface area contributed by atoms with Gasteiger partial charge in [-0.3, -0.25) is 4.79 Å². The maximum absolute atomic E-state index is 13.5. The average molecular weight is 282 g/mol. The van der Waals surface area contributed by atoms with Crippen LogP contribution in [0.1, 0.15) is 34.3 Å². The first kappa shape index (κ1) is 13.7. The molecule has 0 saturated carbocycles. The molecule has 0 unspecified atom stereocenters. The number of hydrogen-bond acceptors (Lipinski definition) is 4. The lowest BCUT2D eigenvalue weighted by atomic mass is 10.1. The first-order chi connectivity index (χ1) is 9.13. The van der Waals surface area contributed by atoms with Crippen LogP contribution in [0.5, 0.6) is 0 Å². The summed E-state index contributed by atoms with van der Waals surface area (Å²) < 4.78 is 30.3. The lowest BCUT2D eigenvalue weighted by Crippen LogP contribution is -2.07. The number of halogens is 2. The Morgan fingerprint density at radius 1 is 1.37 bits per heavy atom. The van der Waals surface area contributed by atoms with Gasteiger partial charge in [0, 0.05) is 6.42 Å². The second-order valence-electron chi connectivity index (χ2n) is 4.11. The van der Waals surface area contributed by atoms with Gasteiger partial charge in [-0.25, -0.2) is 8.78 Å². The van der Waals surface area contributed by atoms with Crippen molar-refractivity contribution in [3.05, 3.63) is 46.0 Å². The molecule has 0 radical (unpaired) electrons. The molecular weight excluding hydrogens is 270 g/mol. The van der Waals surface area contributed by atoms with Gasteiger partial charge in [0.15, 0.2) is 17.4 Å². The van der Waals surface area contributed by atoms with Gasteiger partial charge in [-0.1, -0.05) is 30.0 Å². The highest BCUT2D eigenvalue weighted by Gasteiger charge is 2.18. The lowest BCUT2D eigenvalue weighted by Gasteiger charge is -2.03. The molecule has 0 N–H and O–H groups in total. The molecule has 0 aliphatic rings. The summed E-state index contributed by atoms with van der Waals surface area (Å²) in [5.41, 5.74) is 0.690. The highest BCUT2D eigenvalue weighted by atomic mass is 32.1. The van der Waals surface area contributed by atoms with E-state index in [9.17, 15) is 13.6 Å². The van der Waals surface area contributed by atoms with E-state index in [0.717, 1.165) is 24.0 Å². The minimum Gasteiger partial charge on any atom is -0.293 e. The monoisotopic (exact) mass is 282 g/mol. The fourth-order valence-corrected chi connectivity index (χ4v) is 2.40. The Morgan fingerprint density at radius 2 is 2.16 bits per heavy atom. The topological polar surface area (TPSA) is 42.9 Å². The first-order valence-corrected chi connectivity index (χ1v) is 6.68. The van der Waals surface area contributed by atoms with E-state index in [0.29, 0.717) is 17.0 Å². The number of carbonyl (C=O) groups is 1. The number of aryl methyl sites for hydroxylation is 1. The highest BCUT2D eigenvalue weighted by molar-refractivity contribution is 7.08. The molecule has 2 aromatic rings. The summed E-state index contributed by atoms with van der Waals surface area (Å²) in [6.45, 7) is 1.97. The van der Waals surface area contributed by atoms with E-state index in [1.807, 2.05) is 6.92 Å². The summed E-state index contributed by atoms with van der Waals surface area (Å²) >= 11 is 1.00. The molecule has 100 valence electrons. The van der Waals surface area contributed by atoms with Gasteiger partial charge in [-0.05, 0) is 29.6 Å². The summed E-state index contributed by atoms with van der Waals surface area (Å²) in [6, 6.07) is 3.82. The van der Waals surface area contributed by atoms with Gasteiger partial charge < -0.3 is 0 Å². The molecule has 0 fully saturated rings. The van der Waals surface area contributed by atoms with E-state index in [1.165, 1.54) is 12.1 Å². The zero-order valence-electron chi connectivity index (χ0n) is 10.3. The number of nitrogens with zero attached hydrogens (tertiary/aromatic N) is 2. The fourth-order valence-electron chi connectivity index (χ4n) is 1.76. The molecule has 0 saturated heterocycles. The van der Waals surface area contributed by atoms with Crippen LogP contribution in [-0.4, -0.2) is 15.4 Å². The predicted octanol–water partition coefficient (Wildman–Crippen LogP) is 3.19. The Bertz CT molecular complexity index is 598. The molecule has 1 aromatic heterocycles. The van der Waals surface area contributed by atoms with Gasteiger partial charge >= 0.3 is 0 Å². The van der Waals surface area contributed by atoms with Crippen molar-refractivity contribution in [1.29, 1.82) is 0 Å². The number of benzene rings is 1. The smallest absolute Gasteiger partial charge is 0.180 e. The van der Waals surface area contributed by atoms with Crippen LogP contribution in [0.15, 0.2) is 18.2 Å². The Kier molecular flexibility index (Phi) is 4.31. The standard InChI is InChI=1S/C13H12F2N2OS/c1-2-4-10-13(19-17-16-10)11(18)7-8-5-3-6-9(14)12(8)15/h3,5-6H,2,4,7H2,1H3. The maximum atomic E-state index is 13.5. The molecule has 2 rings (SSSR count). The molecule has 0 spiro atoms. The van der Waals surface area contributed by atoms with Crippen LogP contribution in [0.25, 0.3) is 0 Å². The number of hydrogen-bond donors (Lipinski definition) is 0. The van der Waals surface area contributed by atoms with Crippen molar-refractivity contribution in [2.45, 2.75) is 26.2 Å². The first-order valence-electron chi connectivity index (χ1n) is 5.90. The SMILES string of the molecule is CCCc1nnsc1C(=O)Cc1cccc(F)c1F. The van der Waals surface area contributed by atoms with Crippen LogP contribution in [0.3, 0.4) is 0 Å². The molecule has 19 heavy (non-hydrogen) atoms. The molecule has 0 bridgehead atoms. The summed E-state index contributed by atoms with van der Waals surface area (Å²) in [5, 5.41) is 3.89. The van der Waals surface area contributed by atoms with Crippen molar-refractivity contribution in [3.8, 4) is 0 Å². The average Bonchev–Trinajstić information content (AvgIpc) is 2.84. The predicted molar refractivity (Wildman–Crippen MR) is 68.3 cm³/mol. The van der Waals surface area contributed by atoms with Gasteiger partial charge in [0.25, 0.3) is 0 Å². The third-order valence-corrected chi connectivity index (χ3v) is 3.49. The summed E-state index contributed by atoms with van der Waals surface area (Å²) in [7, 11) is 0. The van der Waals surface area contributed by atoms with E-state index in [-0.39, 0.29) is 17.8 Å². The second-order valence-corrected chi connectivity index (χ2v) is 4.87. The molecule has 0 atom stereocenters. The van der Waals surface area contributed by atoms with Gasteiger partial charge in [-0.15, -0.1) is 5.10 Å². The minimum atomic E-state index is -0.967. The maximum Gasteiger partial charge on any atom is 0.180 e. The minimum absolute atomic E-state index is 0.0563. The normalized spacial score (nSPS) is 10.7. The Balaban J connectivity index is 2.21. The van der Waals surface area contributed by atoms with Crippen LogP contribution in [0.2, 0.25) is 0 Å². The third kappa shape index (κ3) is 3.01. The summed E-state index contributed by atoms with van der Waals surface area (Å²) in [4.78, 5) is 12.5. The van der Waals surface area contributed by atoms with E-state index >= 15 is 0 Å². The highest BCUT2D eigenvalue weighted by Crippen LogP contribution is 2.18. The van der Waals surface area contributed by atoms with Crippen molar-refractivity contribution >= 4 is 17.3 Å². The molecular formula is C13H12F2N2OS. The van der Waals surface area contributed by atoms with Crippen molar-refractivity contribution in [1.82, 2.24) is 9.59 Å². The molecule has 0 amide bonds. The molecule has 6 heteroatoms. The Labute approximate surface area is 113 Å². The van der Waals surface area contributed by atoms with Crippen LogP contribution >= 0.6 is 11.5 Å². The van der Waals surface area contributed by atoms with Gasteiger partial charge in [0.1, 0.15) is 4.88 Å². The van der Waals surface area contributed by atoms with Crippen molar-refractivity contribution in [2.75, 3.05) is 0 Å².